The lowest BCUT2D eigenvalue weighted by atomic mass is 9.63. The molecule has 1 heteroatoms. The zero-order chi connectivity index (χ0) is 11.2. The highest BCUT2D eigenvalue weighted by atomic mass is 15.2. The quantitative estimate of drug-likeness (QED) is 0.684. The second-order valence-electron chi connectivity index (χ2n) is 7.43. The van der Waals surface area contributed by atoms with Gasteiger partial charge in [0.1, 0.15) is 0 Å². The van der Waals surface area contributed by atoms with Crippen LogP contribution >= 0.6 is 0 Å². The molecule has 3 aliphatic rings. The molecule has 0 aromatic carbocycles. The Labute approximate surface area is 101 Å². The van der Waals surface area contributed by atoms with Crippen LogP contribution in [0, 0.1) is 16.7 Å². The van der Waals surface area contributed by atoms with E-state index in [1.54, 1.807) is 0 Å². The lowest BCUT2D eigenvalue weighted by Crippen LogP contribution is -2.60. The summed E-state index contributed by atoms with van der Waals surface area (Å²) < 4.78 is 0. The average Bonchev–Trinajstić information content (AvgIpc) is 2.85. The maximum Gasteiger partial charge on any atom is 0.00507 e. The molecule has 3 fully saturated rings. The molecule has 1 heterocycles. The van der Waals surface area contributed by atoms with Crippen molar-refractivity contribution in [2.24, 2.45) is 16.7 Å². The minimum Gasteiger partial charge on any atom is -0.302 e. The zero-order valence-electron chi connectivity index (χ0n) is 11.1. The lowest BCUT2D eigenvalue weighted by molar-refractivity contribution is -0.0695. The highest BCUT2D eigenvalue weighted by molar-refractivity contribution is 5.04. The molecule has 0 radical (unpaired) electrons. The van der Waals surface area contributed by atoms with E-state index in [-0.39, 0.29) is 0 Å². The van der Waals surface area contributed by atoms with Crippen LogP contribution in [0.15, 0.2) is 0 Å². The fourth-order valence-electron chi connectivity index (χ4n) is 3.74. The van der Waals surface area contributed by atoms with Crippen molar-refractivity contribution in [3.63, 3.8) is 0 Å². The molecule has 92 valence electrons. The van der Waals surface area contributed by atoms with Crippen LogP contribution in [0.1, 0.15) is 58.8 Å². The normalized spacial score (nSPS) is 30.2. The number of nitrogens with zero attached hydrogens (tertiary/aromatic N) is 1. The van der Waals surface area contributed by atoms with Crippen molar-refractivity contribution in [3.05, 3.63) is 0 Å². The third-order valence-corrected chi connectivity index (χ3v) is 5.30. The lowest BCUT2D eigenvalue weighted by Gasteiger charge is -2.57. The first-order valence-electron chi connectivity index (χ1n) is 7.34. The van der Waals surface area contributed by atoms with Crippen molar-refractivity contribution in [2.75, 3.05) is 19.6 Å². The van der Waals surface area contributed by atoms with Crippen LogP contribution in [0.4, 0.5) is 0 Å². The fourth-order valence-corrected chi connectivity index (χ4v) is 3.74. The van der Waals surface area contributed by atoms with Crippen LogP contribution in [-0.4, -0.2) is 24.5 Å². The molecule has 0 aromatic heterocycles. The Hall–Kier alpha value is -0.0400. The largest absolute Gasteiger partial charge is 0.302 e. The monoisotopic (exact) mass is 221 g/mol. The van der Waals surface area contributed by atoms with Crippen LogP contribution in [0.25, 0.3) is 0 Å². The van der Waals surface area contributed by atoms with Gasteiger partial charge in [-0.15, -0.1) is 0 Å². The summed E-state index contributed by atoms with van der Waals surface area (Å²) in [6.07, 6.45) is 10.5. The van der Waals surface area contributed by atoms with Crippen LogP contribution in [0.5, 0.6) is 0 Å². The number of rotatable bonds is 5. The molecule has 0 atom stereocenters. The second kappa shape index (κ2) is 3.73. The molecule has 0 N–H and O–H groups in total. The maximum atomic E-state index is 2.76. The van der Waals surface area contributed by atoms with E-state index in [9.17, 15) is 0 Å². The van der Waals surface area contributed by atoms with E-state index < -0.39 is 0 Å². The standard InChI is InChI=1S/C15H27N/c1-13(2)4-7-14(8-9-14)10-16-11-15(12-16)5-3-6-15/h13H,3-12H2,1-2H3. The summed E-state index contributed by atoms with van der Waals surface area (Å²) in [7, 11) is 0. The van der Waals surface area contributed by atoms with E-state index in [1.807, 2.05) is 0 Å². The Morgan fingerprint density at radius 1 is 1.06 bits per heavy atom. The van der Waals surface area contributed by atoms with Gasteiger partial charge in [-0.2, -0.15) is 0 Å². The average molecular weight is 221 g/mol. The molecule has 1 saturated heterocycles. The molecule has 2 aliphatic carbocycles. The molecule has 0 bridgehead atoms. The van der Waals surface area contributed by atoms with Crippen molar-refractivity contribution in [2.45, 2.75) is 58.8 Å². The first kappa shape index (κ1) is 11.1. The number of hydrogen-bond acceptors (Lipinski definition) is 1. The van der Waals surface area contributed by atoms with E-state index in [2.05, 4.69) is 18.7 Å². The first-order valence-corrected chi connectivity index (χ1v) is 7.34. The van der Waals surface area contributed by atoms with Gasteiger partial charge < -0.3 is 4.90 Å². The summed E-state index contributed by atoms with van der Waals surface area (Å²) in [5.74, 6) is 0.895. The molecule has 1 aliphatic heterocycles. The van der Waals surface area contributed by atoms with Gasteiger partial charge >= 0.3 is 0 Å². The van der Waals surface area contributed by atoms with Gasteiger partial charge in [0.05, 0.1) is 0 Å². The van der Waals surface area contributed by atoms with Crippen molar-refractivity contribution in [1.82, 2.24) is 4.90 Å². The highest BCUT2D eigenvalue weighted by Gasteiger charge is 2.51. The van der Waals surface area contributed by atoms with Crippen LogP contribution in [-0.2, 0) is 0 Å². The van der Waals surface area contributed by atoms with Gasteiger partial charge in [0, 0.05) is 19.6 Å². The summed E-state index contributed by atoms with van der Waals surface area (Å²) >= 11 is 0. The first-order chi connectivity index (χ1) is 7.62. The summed E-state index contributed by atoms with van der Waals surface area (Å²) in [5, 5.41) is 0. The molecule has 2 saturated carbocycles. The molecule has 16 heavy (non-hydrogen) atoms. The SMILES string of the molecule is CC(C)CCC1(CN2CC3(CCC3)C2)CC1. The fraction of sp³-hybridized carbons (Fsp3) is 1.00. The molecule has 3 rings (SSSR count). The Morgan fingerprint density at radius 2 is 1.75 bits per heavy atom. The number of hydrogen-bond donors (Lipinski definition) is 0. The summed E-state index contributed by atoms with van der Waals surface area (Å²) in [6.45, 7) is 9.04. The van der Waals surface area contributed by atoms with E-state index in [0.717, 1.165) is 16.7 Å². The third-order valence-electron chi connectivity index (χ3n) is 5.30. The van der Waals surface area contributed by atoms with Crippen LogP contribution < -0.4 is 0 Å². The van der Waals surface area contributed by atoms with Crippen molar-refractivity contribution in [1.29, 1.82) is 0 Å². The van der Waals surface area contributed by atoms with Crippen LogP contribution in [0.2, 0.25) is 0 Å². The smallest absolute Gasteiger partial charge is 0.00507 e. The van der Waals surface area contributed by atoms with Gasteiger partial charge in [-0.1, -0.05) is 26.7 Å². The highest BCUT2D eigenvalue weighted by Crippen LogP contribution is 2.54. The zero-order valence-corrected chi connectivity index (χ0v) is 11.1. The Morgan fingerprint density at radius 3 is 2.19 bits per heavy atom. The molecule has 1 spiro atoms. The second-order valence-corrected chi connectivity index (χ2v) is 7.43. The Balaban J connectivity index is 1.41. The van der Waals surface area contributed by atoms with E-state index in [1.165, 1.54) is 64.6 Å². The maximum absolute atomic E-state index is 2.76. The minimum absolute atomic E-state index is 0.773. The van der Waals surface area contributed by atoms with Gasteiger partial charge in [-0.25, -0.2) is 0 Å². The predicted octanol–water partition coefficient (Wildman–Crippen LogP) is 3.69. The third kappa shape index (κ3) is 2.03. The summed E-state index contributed by atoms with van der Waals surface area (Å²) in [4.78, 5) is 2.76. The van der Waals surface area contributed by atoms with E-state index >= 15 is 0 Å². The summed E-state index contributed by atoms with van der Waals surface area (Å²) in [6, 6.07) is 0. The molecular weight excluding hydrogens is 194 g/mol. The Bertz CT molecular complexity index is 253. The minimum atomic E-state index is 0.773. The molecule has 1 nitrogen and oxygen atoms in total. The van der Waals surface area contributed by atoms with Gasteiger partial charge in [0.15, 0.2) is 0 Å². The van der Waals surface area contributed by atoms with E-state index in [0.29, 0.717) is 0 Å². The van der Waals surface area contributed by atoms with E-state index in [4.69, 9.17) is 0 Å². The van der Waals surface area contributed by atoms with Crippen molar-refractivity contribution in [3.8, 4) is 0 Å². The van der Waals surface area contributed by atoms with Crippen molar-refractivity contribution < 1.29 is 0 Å². The van der Waals surface area contributed by atoms with Gasteiger partial charge in [-0.05, 0) is 48.9 Å². The molecule has 0 unspecified atom stereocenters. The number of likely N-dealkylation sites (tertiary alicyclic amines) is 1. The van der Waals surface area contributed by atoms with Gasteiger partial charge in [0.2, 0.25) is 0 Å². The Kier molecular flexibility index (Phi) is 2.58. The van der Waals surface area contributed by atoms with Crippen molar-refractivity contribution >= 4 is 0 Å². The van der Waals surface area contributed by atoms with Gasteiger partial charge in [-0.3, -0.25) is 0 Å². The molecule has 0 amide bonds. The predicted molar refractivity (Wildman–Crippen MR) is 68.5 cm³/mol. The summed E-state index contributed by atoms with van der Waals surface area (Å²) in [5.41, 5.74) is 1.60. The van der Waals surface area contributed by atoms with Gasteiger partial charge in [0.25, 0.3) is 0 Å². The molecular formula is C15H27N. The molecule has 0 aromatic rings. The topological polar surface area (TPSA) is 3.24 Å². The van der Waals surface area contributed by atoms with Crippen LogP contribution in [0.3, 0.4) is 0 Å².